The quantitative estimate of drug-likeness (QED) is 0.654. The summed E-state index contributed by atoms with van der Waals surface area (Å²) in [5.74, 6) is 0.704. The highest BCUT2D eigenvalue weighted by molar-refractivity contribution is 5.77. The second-order valence-corrected chi connectivity index (χ2v) is 7.06. The number of rotatable bonds is 7. The Morgan fingerprint density at radius 3 is 2.86 bits per heavy atom. The zero-order chi connectivity index (χ0) is 19.3. The van der Waals surface area contributed by atoms with Crippen LogP contribution in [0.3, 0.4) is 0 Å². The highest BCUT2D eigenvalue weighted by Gasteiger charge is 2.22. The summed E-state index contributed by atoms with van der Waals surface area (Å²) in [5.41, 5.74) is 2.78. The predicted molar refractivity (Wildman–Crippen MR) is 103 cm³/mol. The molecule has 28 heavy (non-hydrogen) atoms. The van der Waals surface area contributed by atoms with Crippen molar-refractivity contribution < 1.29 is 14.3 Å². The Morgan fingerprint density at radius 1 is 1.21 bits per heavy atom. The first-order chi connectivity index (χ1) is 13.7. The summed E-state index contributed by atoms with van der Waals surface area (Å²) >= 11 is 0. The molecule has 0 radical (unpaired) electrons. The topological polar surface area (TPSA) is 83.5 Å². The first kappa shape index (κ1) is 18.5. The first-order valence-electron chi connectivity index (χ1n) is 9.47. The van der Waals surface area contributed by atoms with Crippen molar-refractivity contribution in [1.29, 1.82) is 0 Å². The molecule has 0 saturated heterocycles. The standard InChI is InChI=1S/C21H24N4O3/c26-20(11-16-5-2-1-3-6-16)19-12-17-14-24(8-9-25(17)23-19)15-21(27)22-13-18-7-4-10-28-18/h1-7,10,12,20,26H,8-9,11,13-15H2,(H,22,27). The second kappa shape index (κ2) is 8.41. The predicted octanol–water partition coefficient (Wildman–Crippen LogP) is 1.88. The van der Waals surface area contributed by atoms with E-state index in [-0.39, 0.29) is 5.91 Å². The summed E-state index contributed by atoms with van der Waals surface area (Å²) in [6, 6.07) is 15.5. The minimum Gasteiger partial charge on any atom is -0.467 e. The number of furan rings is 1. The largest absolute Gasteiger partial charge is 0.467 e. The van der Waals surface area contributed by atoms with Gasteiger partial charge in [-0.15, -0.1) is 0 Å². The molecule has 0 aliphatic carbocycles. The molecule has 1 atom stereocenters. The number of carbonyl (C=O) groups excluding carboxylic acids is 1. The van der Waals surface area contributed by atoms with E-state index in [2.05, 4.69) is 15.3 Å². The van der Waals surface area contributed by atoms with Crippen molar-refractivity contribution in [2.24, 2.45) is 0 Å². The van der Waals surface area contributed by atoms with Crippen molar-refractivity contribution >= 4 is 5.91 Å². The Kier molecular flexibility index (Phi) is 5.55. The summed E-state index contributed by atoms with van der Waals surface area (Å²) in [7, 11) is 0. The monoisotopic (exact) mass is 380 g/mol. The highest BCUT2D eigenvalue weighted by atomic mass is 16.3. The number of carbonyl (C=O) groups is 1. The van der Waals surface area contributed by atoms with Crippen LogP contribution < -0.4 is 5.32 Å². The van der Waals surface area contributed by atoms with E-state index in [0.717, 1.165) is 23.6 Å². The summed E-state index contributed by atoms with van der Waals surface area (Å²) in [6.45, 7) is 2.82. The lowest BCUT2D eigenvalue weighted by molar-refractivity contribution is -0.122. The van der Waals surface area contributed by atoms with E-state index in [0.29, 0.717) is 38.3 Å². The fourth-order valence-electron chi connectivity index (χ4n) is 3.44. The zero-order valence-electron chi connectivity index (χ0n) is 15.6. The summed E-state index contributed by atoms with van der Waals surface area (Å²) < 4.78 is 7.16. The number of aliphatic hydroxyl groups excluding tert-OH is 1. The van der Waals surface area contributed by atoms with Crippen molar-refractivity contribution in [2.75, 3.05) is 13.1 Å². The Bertz CT molecular complexity index is 905. The maximum absolute atomic E-state index is 12.2. The summed E-state index contributed by atoms with van der Waals surface area (Å²) in [6.07, 6.45) is 1.50. The average molecular weight is 380 g/mol. The molecule has 3 aromatic rings. The van der Waals surface area contributed by atoms with Gasteiger partial charge in [-0.05, 0) is 23.8 Å². The van der Waals surface area contributed by atoms with Crippen LogP contribution >= 0.6 is 0 Å². The number of hydrogen-bond acceptors (Lipinski definition) is 5. The van der Waals surface area contributed by atoms with Gasteiger partial charge in [-0.3, -0.25) is 14.4 Å². The van der Waals surface area contributed by atoms with Gasteiger partial charge in [0.1, 0.15) is 11.9 Å². The molecule has 1 aliphatic heterocycles. The van der Waals surface area contributed by atoms with Gasteiger partial charge >= 0.3 is 0 Å². The van der Waals surface area contributed by atoms with Crippen molar-refractivity contribution in [3.05, 3.63) is 77.5 Å². The molecule has 0 bridgehead atoms. The molecule has 7 heteroatoms. The molecule has 2 aromatic heterocycles. The van der Waals surface area contributed by atoms with Crippen LogP contribution in [0.25, 0.3) is 0 Å². The number of nitrogens with zero attached hydrogens (tertiary/aromatic N) is 3. The van der Waals surface area contributed by atoms with Crippen LogP contribution in [0.1, 0.15) is 28.8 Å². The molecule has 0 fully saturated rings. The van der Waals surface area contributed by atoms with Crippen LogP contribution in [0, 0.1) is 0 Å². The molecular weight excluding hydrogens is 356 g/mol. The Labute approximate surface area is 163 Å². The van der Waals surface area contributed by atoms with Gasteiger partial charge in [0.15, 0.2) is 0 Å². The molecule has 1 unspecified atom stereocenters. The van der Waals surface area contributed by atoms with Gasteiger partial charge in [0.25, 0.3) is 0 Å². The molecule has 3 heterocycles. The van der Waals surface area contributed by atoms with Gasteiger partial charge in [-0.1, -0.05) is 30.3 Å². The lowest BCUT2D eigenvalue weighted by atomic mass is 10.1. The molecule has 146 valence electrons. The fourth-order valence-corrected chi connectivity index (χ4v) is 3.44. The number of nitrogens with one attached hydrogen (secondary N) is 1. The SMILES string of the molecule is O=C(CN1CCn2nc(C(O)Cc3ccccc3)cc2C1)NCc1ccco1. The third-order valence-corrected chi connectivity index (χ3v) is 4.92. The van der Waals surface area contributed by atoms with Crippen LogP contribution in [0.5, 0.6) is 0 Å². The summed E-state index contributed by atoms with van der Waals surface area (Å²) in [5, 5.41) is 18.0. The molecule has 7 nitrogen and oxygen atoms in total. The van der Waals surface area contributed by atoms with Crippen LogP contribution in [0.4, 0.5) is 0 Å². The van der Waals surface area contributed by atoms with Crippen molar-refractivity contribution in [3.8, 4) is 0 Å². The highest BCUT2D eigenvalue weighted by Crippen LogP contribution is 2.21. The van der Waals surface area contributed by atoms with E-state index in [1.165, 1.54) is 0 Å². The molecule has 0 spiro atoms. The van der Waals surface area contributed by atoms with Crippen molar-refractivity contribution in [1.82, 2.24) is 20.0 Å². The smallest absolute Gasteiger partial charge is 0.234 e. The molecule has 1 amide bonds. The molecule has 0 saturated carbocycles. The van der Waals surface area contributed by atoms with Crippen LogP contribution in [0.15, 0.2) is 59.2 Å². The molecule has 1 aliphatic rings. The minimum absolute atomic E-state index is 0.0336. The molecule has 4 rings (SSSR count). The molecule has 2 N–H and O–H groups in total. The lowest BCUT2D eigenvalue weighted by Crippen LogP contribution is -2.41. The number of benzene rings is 1. The third kappa shape index (κ3) is 4.49. The van der Waals surface area contributed by atoms with E-state index in [1.807, 2.05) is 47.1 Å². The Morgan fingerprint density at radius 2 is 2.07 bits per heavy atom. The van der Waals surface area contributed by atoms with Gasteiger partial charge in [0.05, 0.1) is 37.3 Å². The van der Waals surface area contributed by atoms with Gasteiger partial charge < -0.3 is 14.8 Å². The lowest BCUT2D eigenvalue weighted by Gasteiger charge is -2.26. The number of hydrogen-bond donors (Lipinski definition) is 2. The number of aliphatic hydroxyl groups is 1. The zero-order valence-corrected chi connectivity index (χ0v) is 15.6. The van der Waals surface area contributed by atoms with E-state index < -0.39 is 6.10 Å². The maximum Gasteiger partial charge on any atom is 0.234 e. The van der Waals surface area contributed by atoms with Gasteiger partial charge in [0.2, 0.25) is 5.91 Å². The number of aromatic nitrogens is 2. The maximum atomic E-state index is 12.2. The third-order valence-electron chi connectivity index (χ3n) is 4.92. The van der Waals surface area contributed by atoms with Crippen LogP contribution in [-0.4, -0.2) is 38.8 Å². The first-order valence-corrected chi connectivity index (χ1v) is 9.47. The van der Waals surface area contributed by atoms with Gasteiger partial charge in [0, 0.05) is 19.5 Å². The minimum atomic E-state index is -0.634. The van der Waals surface area contributed by atoms with Crippen molar-refractivity contribution in [3.63, 3.8) is 0 Å². The number of fused-ring (bicyclic) bond motifs is 1. The summed E-state index contributed by atoms with van der Waals surface area (Å²) in [4.78, 5) is 14.3. The molecule has 1 aromatic carbocycles. The normalized spacial score (nSPS) is 15.2. The molecular formula is C21H24N4O3. The van der Waals surface area contributed by atoms with Crippen molar-refractivity contribution in [2.45, 2.75) is 32.2 Å². The second-order valence-electron chi connectivity index (χ2n) is 7.06. The fraction of sp³-hybridized carbons (Fsp3) is 0.333. The van der Waals surface area contributed by atoms with Gasteiger partial charge in [-0.2, -0.15) is 5.10 Å². The van der Waals surface area contributed by atoms with E-state index >= 15 is 0 Å². The van der Waals surface area contributed by atoms with Crippen LogP contribution in [-0.2, 0) is 30.8 Å². The van der Waals surface area contributed by atoms with E-state index in [9.17, 15) is 9.90 Å². The van der Waals surface area contributed by atoms with E-state index in [4.69, 9.17) is 4.42 Å². The average Bonchev–Trinajstić information content (AvgIpc) is 3.36. The number of amides is 1. The Hall–Kier alpha value is -2.90. The van der Waals surface area contributed by atoms with Gasteiger partial charge in [-0.25, -0.2) is 0 Å². The van der Waals surface area contributed by atoms with E-state index in [1.54, 1.807) is 12.3 Å². The Balaban J connectivity index is 1.32. The van der Waals surface area contributed by atoms with Crippen LogP contribution in [0.2, 0.25) is 0 Å².